The Morgan fingerprint density at radius 1 is 1.62 bits per heavy atom. The molecule has 1 aliphatic rings. The molecule has 0 radical (unpaired) electrons. The molecule has 0 bridgehead atoms. The van der Waals surface area contributed by atoms with Crippen LogP contribution in [0.5, 0.6) is 0 Å². The summed E-state index contributed by atoms with van der Waals surface area (Å²) in [5.41, 5.74) is 0. The van der Waals surface area contributed by atoms with Gasteiger partial charge in [-0.3, -0.25) is 0 Å². The van der Waals surface area contributed by atoms with E-state index in [0.29, 0.717) is 6.04 Å². The van der Waals surface area contributed by atoms with Crippen molar-refractivity contribution in [1.29, 1.82) is 0 Å². The fraction of sp³-hybridized carbons (Fsp3) is 0.714. The third-order valence-electron chi connectivity index (χ3n) is 3.65. The second kappa shape index (κ2) is 8.60. The summed E-state index contributed by atoms with van der Waals surface area (Å²) in [6.45, 7) is 2.46. The number of thiazole rings is 1. The summed E-state index contributed by atoms with van der Waals surface area (Å²) < 4.78 is 1.10. The van der Waals surface area contributed by atoms with Gasteiger partial charge in [0.15, 0.2) is 0 Å². The minimum Gasteiger partial charge on any atom is -0.338 e. The first-order valence-electron chi connectivity index (χ1n) is 7.38. The first kappa shape index (κ1) is 16.6. The molecule has 0 spiro atoms. The van der Waals surface area contributed by atoms with Crippen LogP contribution in [0.25, 0.3) is 0 Å². The minimum atomic E-state index is 0.0841. The lowest BCUT2D eigenvalue weighted by molar-refractivity contribution is 0.140. The van der Waals surface area contributed by atoms with E-state index in [9.17, 15) is 4.79 Å². The topological polar surface area (TPSA) is 48.5 Å². The SMILES string of the molecule is CN(C)[C@@H]1CCCN(C(=O)NCCCSc2nccs2)C1. The molecule has 118 valence electrons. The van der Waals surface area contributed by atoms with Gasteiger partial charge in [-0.15, -0.1) is 11.3 Å². The van der Waals surface area contributed by atoms with Crippen molar-refractivity contribution in [2.24, 2.45) is 0 Å². The number of amides is 2. The van der Waals surface area contributed by atoms with Crippen molar-refractivity contribution in [3.8, 4) is 0 Å². The highest BCUT2D eigenvalue weighted by Crippen LogP contribution is 2.20. The van der Waals surface area contributed by atoms with Gasteiger partial charge in [-0.05, 0) is 33.4 Å². The summed E-state index contributed by atoms with van der Waals surface area (Å²) in [7, 11) is 4.17. The molecular weight excluding hydrogens is 304 g/mol. The quantitative estimate of drug-likeness (QED) is 0.643. The van der Waals surface area contributed by atoms with Crippen molar-refractivity contribution in [3.63, 3.8) is 0 Å². The fourth-order valence-corrected chi connectivity index (χ4v) is 4.03. The van der Waals surface area contributed by atoms with E-state index in [4.69, 9.17) is 0 Å². The van der Waals surface area contributed by atoms with Crippen molar-refractivity contribution in [2.75, 3.05) is 39.5 Å². The summed E-state index contributed by atoms with van der Waals surface area (Å²) in [6, 6.07) is 0.575. The Balaban J connectivity index is 1.60. The summed E-state index contributed by atoms with van der Waals surface area (Å²) in [6.07, 6.45) is 5.07. The molecule has 0 aliphatic carbocycles. The van der Waals surface area contributed by atoms with E-state index in [1.165, 1.54) is 6.42 Å². The molecule has 1 aliphatic heterocycles. The van der Waals surface area contributed by atoms with Gasteiger partial charge in [0.2, 0.25) is 0 Å². The van der Waals surface area contributed by atoms with Crippen molar-refractivity contribution >= 4 is 29.1 Å². The Kier molecular flexibility index (Phi) is 6.79. The normalized spacial score (nSPS) is 19.0. The molecule has 5 nitrogen and oxygen atoms in total. The Hall–Kier alpha value is -0.790. The van der Waals surface area contributed by atoms with Crippen LogP contribution in [-0.4, -0.2) is 66.3 Å². The van der Waals surface area contributed by atoms with Crippen LogP contribution in [0.15, 0.2) is 15.9 Å². The summed E-state index contributed by atoms with van der Waals surface area (Å²) in [5, 5.41) is 5.02. The molecule has 7 heteroatoms. The van der Waals surface area contributed by atoms with Gasteiger partial charge in [-0.25, -0.2) is 9.78 Å². The molecule has 2 amide bonds. The van der Waals surface area contributed by atoms with Gasteiger partial charge in [0.05, 0.1) is 0 Å². The smallest absolute Gasteiger partial charge is 0.317 e. The lowest BCUT2D eigenvalue weighted by Crippen LogP contribution is -2.50. The van der Waals surface area contributed by atoms with Crippen LogP contribution in [0.4, 0.5) is 4.79 Å². The maximum Gasteiger partial charge on any atom is 0.317 e. The van der Waals surface area contributed by atoms with E-state index in [2.05, 4.69) is 29.3 Å². The maximum absolute atomic E-state index is 12.1. The van der Waals surface area contributed by atoms with E-state index in [1.54, 1.807) is 23.1 Å². The Bertz CT molecular complexity index is 425. The number of nitrogens with zero attached hydrogens (tertiary/aromatic N) is 3. The average molecular weight is 329 g/mol. The maximum atomic E-state index is 12.1. The van der Waals surface area contributed by atoms with Gasteiger partial charge in [-0.1, -0.05) is 11.8 Å². The van der Waals surface area contributed by atoms with Gasteiger partial charge in [0.25, 0.3) is 0 Å². The molecule has 1 atom stereocenters. The van der Waals surface area contributed by atoms with E-state index in [0.717, 1.165) is 42.6 Å². The largest absolute Gasteiger partial charge is 0.338 e. The first-order chi connectivity index (χ1) is 10.2. The number of carbonyl (C=O) groups is 1. The van der Waals surface area contributed by atoms with Gasteiger partial charge in [0.1, 0.15) is 4.34 Å². The standard InChI is InChI=1S/C14H24N4OS2/c1-17(2)12-5-3-8-18(11-12)13(19)15-6-4-9-20-14-16-7-10-21-14/h7,10,12H,3-6,8-9,11H2,1-2H3,(H,15,19)/t12-/m1/s1. The van der Waals surface area contributed by atoms with Crippen molar-refractivity contribution in [2.45, 2.75) is 29.6 Å². The Morgan fingerprint density at radius 3 is 3.19 bits per heavy atom. The molecule has 2 heterocycles. The molecule has 21 heavy (non-hydrogen) atoms. The molecule has 0 saturated carbocycles. The zero-order chi connectivity index (χ0) is 15.1. The van der Waals surface area contributed by atoms with Gasteiger partial charge in [0, 0.05) is 43.0 Å². The number of carbonyl (C=O) groups excluding carboxylic acids is 1. The van der Waals surface area contributed by atoms with Gasteiger partial charge in [-0.2, -0.15) is 0 Å². The number of nitrogens with one attached hydrogen (secondary N) is 1. The number of hydrogen-bond acceptors (Lipinski definition) is 5. The number of likely N-dealkylation sites (N-methyl/N-ethyl adjacent to an activating group) is 1. The second-order valence-electron chi connectivity index (χ2n) is 5.44. The average Bonchev–Trinajstić information content (AvgIpc) is 3.00. The molecule has 1 aromatic rings. The first-order valence-corrected chi connectivity index (χ1v) is 9.25. The van der Waals surface area contributed by atoms with E-state index in [-0.39, 0.29) is 6.03 Å². The van der Waals surface area contributed by atoms with Crippen LogP contribution in [-0.2, 0) is 0 Å². The zero-order valence-corrected chi connectivity index (χ0v) is 14.4. The van der Waals surface area contributed by atoms with Crippen LogP contribution in [0.3, 0.4) is 0 Å². The Morgan fingerprint density at radius 2 is 2.48 bits per heavy atom. The van der Waals surface area contributed by atoms with Crippen molar-refractivity contribution < 1.29 is 4.79 Å². The number of urea groups is 1. The molecule has 1 aromatic heterocycles. The van der Waals surface area contributed by atoms with Crippen molar-refractivity contribution in [3.05, 3.63) is 11.6 Å². The highest BCUT2D eigenvalue weighted by molar-refractivity contribution is 8.00. The van der Waals surface area contributed by atoms with E-state index < -0.39 is 0 Å². The molecule has 1 fully saturated rings. The molecule has 0 unspecified atom stereocenters. The van der Waals surface area contributed by atoms with Crippen LogP contribution >= 0.6 is 23.1 Å². The molecule has 1 N–H and O–H groups in total. The number of thioether (sulfide) groups is 1. The van der Waals surface area contributed by atoms with Crippen LogP contribution in [0, 0.1) is 0 Å². The number of hydrogen-bond donors (Lipinski definition) is 1. The van der Waals surface area contributed by atoms with Crippen LogP contribution in [0.1, 0.15) is 19.3 Å². The number of piperidine rings is 1. The fourth-order valence-electron chi connectivity index (χ4n) is 2.38. The zero-order valence-electron chi connectivity index (χ0n) is 12.7. The number of likely N-dealkylation sites (tertiary alicyclic amines) is 1. The number of aromatic nitrogens is 1. The molecular formula is C14H24N4OS2. The third kappa shape index (κ3) is 5.48. The second-order valence-corrected chi connectivity index (χ2v) is 7.67. The lowest BCUT2D eigenvalue weighted by Gasteiger charge is -2.36. The predicted molar refractivity (Wildman–Crippen MR) is 89.1 cm³/mol. The van der Waals surface area contributed by atoms with Crippen LogP contribution in [0.2, 0.25) is 0 Å². The summed E-state index contributed by atoms with van der Waals surface area (Å²) in [4.78, 5) is 20.5. The molecule has 1 saturated heterocycles. The van der Waals surface area contributed by atoms with Gasteiger partial charge < -0.3 is 15.1 Å². The molecule has 0 aromatic carbocycles. The van der Waals surface area contributed by atoms with E-state index in [1.807, 2.05) is 16.5 Å². The monoisotopic (exact) mass is 328 g/mol. The summed E-state index contributed by atoms with van der Waals surface area (Å²) in [5.74, 6) is 0.994. The number of rotatable bonds is 6. The van der Waals surface area contributed by atoms with Crippen molar-refractivity contribution in [1.82, 2.24) is 20.1 Å². The minimum absolute atomic E-state index is 0.0841. The molecule has 2 rings (SSSR count). The highest BCUT2D eigenvalue weighted by Gasteiger charge is 2.24. The van der Waals surface area contributed by atoms with Crippen LogP contribution < -0.4 is 5.32 Å². The Labute approximate surface area is 135 Å². The van der Waals surface area contributed by atoms with E-state index >= 15 is 0 Å². The van der Waals surface area contributed by atoms with Gasteiger partial charge >= 0.3 is 6.03 Å². The summed E-state index contributed by atoms with van der Waals surface area (Å²) >= 11 is 3.42. The highest BCUT2D eigenvalue weighted by atomic mass is 32.2. The third-order valence-corrected chi connectivity index (χ3v) is 5.70. The lowest BCUT2D eigenvalue weighted by atomic mass is 10.1. The predicted octanol–water partition coefficient (Wildman–Crippen LogP) is 2.36.